The summed E-state index contributed by atoms with van der Waals surface area (Å²) in [6.45, 7) is 8.10. The van der Waals surface area contributed by atoms with Crippen LogP contribution in [0.15, 0.2) is 0 Å². The molecule has 0 aromatic heterocycles. The molecule has 0 aromatic carbocycles. The standard InChI is InChI=1S/C12H24N2O2/c1-3-6-14-11(15)9-13-10-12(2)4-7-16-8-5-12/h13H,3-10H2,1-2H3,(H,14,15). The van der Waals surface area contributed by atoms with E-state index in [0.717, 1.165) is 45.6 Å². The van der Waals surface area contributed by atoms with Crippen LogP contribution in [0, 0.1) is 5.41 Å². The Labute approximate surface area is 98.1 Å². The third-order valence-corrected chi connectivity index (χ3v) is 3.11. The van der Waals surface area contributed by atoms with Gasteiger partial charge in [0.2, 0.25) is 5.91 Å². The normalized spacial score (nSPS) is 19.4. The van der Waals surface area contributed by atoms with Gasteiger partial charge in [0.15, 0.2) is 0 Å². The Balaban J connectivity index is 2.11. The van der Waals surface area contributed by atoms with Crippen LogP contribution >= 0.6 is 0 Å². The van der Waals surface area contributed by atoms with E-state index in [4.69, 9.17) is 4.74 Å². The number of hydrogen-bond acceptors (Lipinski definition) is 3. The molecular weight excluding hydrogens is 204 g/mol. The van der Waals surface area contributed by atoms with Crippen LogP contribution in [-0.2, 0) is 9.53 Å². The number of nitrogens with one attached hydrogen (secondary N) is 2. The minimum Gasteiger partial charge on any atom is -0.381 e. The second kappa shape index (κ2) is 6.86. The van der Waals surface area contributed by atoms with Gasteiger partial charge in [-0.2, -0.15) is 0 Å². The summed E-state index contributed by atoms with van der Waals surface area (Å²) in [5.74, 6) is 0.0949. The minimum atomic E-state index is 0.0949. The zero-order chi connectivity index (χ0) is 11.9. The van der Waals surface area contributed by atoms with Crippen LogP contribution in [0.3, 0.4) is 0 Å². The molecule has 0 saturated carbocycles. The highest BCUT2D eigenvalue weighted by Crippen LogP contribution is 2.28. The molecule has 4 nitrogen and oxygen atoms in total. The molecule has 0 atom stereocenters. The second-order valence-electron chi connectivity index (χ2n) is 4.88. The molecule has 1 rings (SSSR count). The number of hydrogen-bond donors (Lipinski definition) is 2. The van der Waals surface area contributed by atoms with Crippen molar-refractivity contribution in [2.75, 3.05) is 32.8 Å². The van der Waals surface area contributed by atoms with E-state index in [2.05, 4.69) is 24.5 Å². The Morgan fingerprint density at radius 1 is 1.38 bits per heavy atom. The molecule has 94 valence electrons. The molecule has 0 spiro atoms. The van der Waals surface area contributed by atoms with E-state index in [-0.39, 0.29) is 5.91 Å². The van der Waals surface area contributed by atoms with Crippen molar-refractivity contribution in [3.05, 3.63) is 0 Å². The summed E-state index contributed by atoms with van der Waals surface area (Å²) in [7, 11) is 0. The van der Waals surface area contributed by atoms with Crippen LogP contribution < -0.4 is 10.6 Å². The number of amides is 1. The van der Waals surface area contributed by atoms with Gasteiger partial charge >= 0.3 is 0 Å². The highest BCUT2D eigenvalue weighted by molar-refractivity contribution is 5.77. The van der Waals surface area contributed by atoms with Gasteiger partial charge in [-0.05, 0) is 24.7 Å². The van der Waals surface area contributed by atoms with E-state index >= 15 is 0 Å². The lowest BCUT2D eigenvalue weighted by Crippen LogP contribution is -2.41. The Kier molecular flexibility index (Phi) is 5.77. The van der Waals surface area contributed by atoms with Crippen molar-refractivity contribution in [3.8, 4) is 0 Å². The predicted molar refractivity (Wildman–Crippen MR) is 64.3 cm³/mol. The third-order valence-electron chi connectivity index (χ3n) is 3.11. The van der Waals surface area contributed by atoms with E-state index in [1.54, 1.807) is 0 Å². The topological polar surface area (TPSA) is 50.4 Å². The summed E-state index contributed by atoms with van der Waals surface area (Å²) in [4.78, 5) is 11.3. The molecule has 0 aromatic rings. The molecule has 16 heavy (non-hydrogen) atoms. The van der Waals surface area contributed by atoms with Crippen LogP contribution in [0.1, 0.15) is 33.1 Å². The molecule has 1 heterocycles. The third kappa shape index (κ3) is 4.94. The van der Waals surface area contributed by atoms with E-state index < -0.39 is 0 Å². The maximum absolute atomic E-state index is 11.3. The van der Waals surface area contributed by atoms with Crippen molar-refractivity contribution in [2.45, 2.75) is 33.1 Å². The van der Waals surface area contributed by atoms with Crippen LogP contribution in [0.2, 0.25) is 0 Å². The van der Waals surface area contributed by atoms with E-state index in [0.29, 0.717) is 12.0 Å². The molecule has 0 aliphatic carbocycles. The summed E-state index contributed by atoms with van der Waals surface area (Å²) >= 11 is 0. The van der Waals surface area contributed by atoms with Crippen LogP contribution in [0.25, 0.3) is 0 Å². The maximum atomic E-state index is 11.3. The van der Waals surface area contributed by atoms with Gasteiger partial charge in [0, 0.05) is 26.3 Å². The Morgan fingerprint density at radius 3 is 2.69 bits per heavy atom. The molecular formula is C12H24N2O2. The highest BCUT2D eigenvalue weighted by Gasteiger charge is 2.26. The minimum absolute atomic E-state index is 0.0949. The molecule has 4 heteroatoms. The molecule has 0 unspecified atom stereocenters. The van der Waals surface area contributed by atoms with Gasteiger partial charge in [0.25, 0.3) is 0 Å². The van der Waals surface area contributed by atoms with Crippen molar-refractivity contribution < 1.29 is 9.53 Å². The fraction of sp³-hybridized carbons (Fsp3) is 0.917. The maximum Gasteiger partial charge on any atom is 0.233 e. The zero-order valence-electron chi connectivity index (χ0n) is 10.5. The van der Waals surface area contributed by atoms with Gasteiger partial charge in [-0.15, -0.1) is 0 Å². The van der Waals surface area contributed by atoms with Crippen molar-refractivity contribution >= 4 is 5.91 Å². The van der Waals surface area contributed by atoms with Crippen molar-refractivity contribution in [3.63, 3.8) is 0 Å². The molecule has 1 fully saturated rings. The summed E-state index contributed by atoms with van der Waals surface area (Å²) in [5.41, 5.74) is 0.295. The lowest BCUT2D eigenvalue weighted by molar-refractivity contribution is -0.120. The first-order valence-electron chi connectivity index (χ1n) is 6.21. The average Bonchev–Trinajstić information content (AvgIpc) is 2.27. The van der Waals surface area contributed by atoms with Gasteiger partial charge < -0.3 is 15.4 Å². The molecule has 2 N–H and O–H groups in total. The van der Waals surface area contributed by atoms with Crippen molar-refractivity contribution in [1.29, 1.82) is 0 Å². The van der Waals surface area contributed by atoms with E-state index in [9.17, 15) is 4.79 Å². The summed E-state index contributed by atoms with van der Waals surface area (Å²) in [6, 6.07) is 0. The smallest absolute Gasteiger partial charge is 0.233 e. The van der Waals surface area contributed by atoms with Gasteiger partial charge in [0.1, 0.15) is 0 Å². The van der Waals surface area contributed by atoms with E-state index in [1.165, 1.54) is 0 Å². The first kappa shape index (κ1) is 13.5. The number of carbonyl (C=O) groups is 1. The Bertz CT molecular complexity index is 213. The predicted octanol–water partition coefficient (Wildman–Crippen LogP) is 0.919. The quantitative estimate of drug-likeness (QED) is 0.711. The number of ether oxygens (including phenoxy) is 1. The number of rotatable bonds is 6. The molecule has 1 aliphatic heterocycles. The molecule has 1 amide bonds. The van der Waals surface area contributed by atoms with Crippen LogP contribution in [0.4, 0.5) is 0 Å². The lowest BCUT2D eigenvalue weighted by atomic mass is 9.82. The Morgan fingerprint density at radius 2 is 2.06 bits per heavy atom. The van der Waals surface area contributed by atoms with Gasteiger partial charge in [0.05, 0.1) is 6.54 Å². The van der Waals surface area contributed by atoms with Crippen molar-refractivity contribution in [1.82, 2.24) is 10.6 Å². The lowest BCUT2D eigenvalue weighted by Gasteiger charge is -2.33. The SMILES string of the molecule is CCCNC(=O)CNCC1(C)CCOCC1. The highest BCUT2D eigenvalue weighted by atomic mass is 16.5. The average molecular weight is 228 g/mol. The first-order chi connectivity index (χ1) is 7.66. The molecule has 1 aliphatic rings. The van der Waals surface area contributed by atoms with Gasteiger partial charge in [-0.1, -0.05) is 13.8 Å². The van der Waals surface area contributed by atoms with Crippen LogP contribution in [0.5, 0.6) is 0 Å². The monoisotopic (exact) mass is 228 g/mol. The largest absolute Gasteiger partial charge is 0.381 e. The second-order valence-corrected chi connectivity index (χ2v) is 4.88. The molecule has 0 bridgehead atoms. The zero-order valence-corrected chi connectivity index (χ0v) is 10.5. The summed E-state index contributed by atoms with van der Waals surface area (Å²) in [6.07, 6.45) is 3.15. The van der Waals surface area contributed by atoms with Crippen molar-refractivity contribution in [2.24, 2.45) is 5.41 Å². The summed E-state index contributed by atoms with van der Waals surface area (Å²) < 4.78 is 5.34. The van der Waals surface area contributed by atoms with Crippen LogP contribution in [-0.4, -0.2) is 38.8 Å². The first-order valence-corrected chi connectivity index (χ1v) is 6.21. The van der Waals surface area contributed by atoms with Gasteiger partial charge in [-0.25, -0.2) is 0 Å². The molecule has 1 saturated heterocycles. The number of carbonyl (C=O) groups excluding carboxylic acids is 1. The fourth-order valence-corrected chi connectivity index (χ4v) is 1.85. The fourth-order valence-electron chi connectivity index (χ4n) is 1.85. The van der Waals surface area contributed by atoms with Gasteiger partial charge in [-0.3, -0.25) is 4.79 Å². The Hall–Kier alpha value is -0.610. The summed E-state index contributed by atoms with van der Waals surface area (Å²) in [5, 5.41) is 6.09. The molecule has 0 radical (unpaired) electrons. The van der Waals surface area contributed by atoms with E-state index in [1.807, 2.05) is 0 Å².